The Bertz CT molecular complexity index is 824. The van der Waals surface area contributed by atoms with E-state index in [4.69, 9.17) is 4.42 Å². The van der Waals surface area contributed by atoms with E-state index < -0.39 is 10.0 Å². The van der Waals surface area contributed by atoms with E-state index in [0.29, 0.717) is 18.4 Å². The third-order valence-corrected chi connectivity index (χ3v) is 5.87. The van der Waals surface area contributed by atoms with Gasteiger partial charge in [-0.25, -0.2) is 18.1 Å². The molecule has 1 saturated heterocycles. The van der Waals surface area contributed by atoms with Crippen molar-refractivity contribution in [1.29, 1.82) is 0 Å². The molecule has 4 rings (SSSR count). The molecule has 2 fully saturated rings. The number of hydrogen-bond acceptors (Lipinski definition) is 6. The summed E-state index contributed by atoms with van der Waals surface area (Å²) in [6.45, 7) is 1.25. The third kappa shape index (κ3) is 3.05. The summed E-state index contributed by atoms with van der Waals surface area (Å²) in [6.07, 6.45) is 9.10. The maximum absolute atomic E-state index is 12.4. The van der Waals surface area contributed by atoms with Crippen molar-refractivity contribution in [3.05, 3.63) is 24.5 Å². The molecule has 0 amide bonds. The lowest BCUT2D eigenvalue weighted by Crippen LogP contribution is -2.40. The Kier molecular flexibility index (Phi) is 3.84. The number of aryl methyl sites for hydroxylation is 1. The summed E-state index contributed by atoms with van der Waals surface area (Å²) in [5.74, 6) is 0.832. The van der Waals surface area contributed by atoms with Crippen LogP contribution in [-0.4, -0.2) is 42.3 Å². The molecule has 2 aliphatic rings. The zero-order chi connectivity index (χ0) is 16.7. The molecule has 0 aromatic carbocycles. The van der Waals surface area contributed by atoms with Gasteiger partial charge in [0.1, 0.15) is 0 Å². The fourth-order valence-electron chi connectivity index (χ4n) is 3.14. The molecule has 130 valence electrons. The van der Waals surface area contributed by atoms with E-state index in [0.717, 1.165) is 37.9 Å². The minimum absolute atomic E-state index is 0.0877. The van der Waals surface area contributed by atoms with Crippen LogP contribution >= 0.6 is 0 Å². The molecule has 0 unspecified atom stereocenters. The van der Waals surface area contributed by atoms with E-state index in [2.05, 4.69) is 19.7 Å². The maximum Gasteiger partial charge on any atom is 0.275 e. The van der Waals surface area contributed by atoms with Crippen molar-refractivity contribution in [2.24, 2.45) is 7.05 Å². The van der Waals surface area contributed by atoms with Crippen LogP contribution in [0.15, 0.2) is 28.1 Å². The van der Waals surface area contributed by atoms with E-state index in [-0.39, 0.29) is 11.1 Å². The van der Waals surface area contributed by atoms with Crippen molar-refractivity contribution in [1.82, 2.24) is 19.5 Å². The summed E-state index contributed by atoms with van der Waals surface area (Å²) < 4.78 is 34.7. The summed E-state index contributed by atoms with van der Waals surface area (Å²) in [5, 5.41) is 4.10. The maximum atomic E-state index is 12.4. The molecule has 1 saturated carbocycles. The van der Waals surface area contributed by atoms with E-state index in [1.54, 1.807) is 4.68 Å². The Morgan fingerprint density at radius 1 is 1.33 bits per heavy atom. The van der Waals surface area contributed by atoms with Gasteiger partial charge in [-0.2, -0.15) is 5.10 Å². The quantitative estimate of drug-likeness (QED) is 0.841. The first-order chi connectivity index (χ1) is 11.5. The van der Waals surface area contributed by atoms with Crippen molar-refractivity contribution in [2.45, 2.75) is 42.7 Å². The van der Waals surface area contributed by atoms with Gasteiger partial charge in [-0.1, -0.05) is 0 Å². The third-order valence-electron chi connectivity index (χ3n) is 4.60. The van der Waals surface area contributed by atoms with Gasteiger partial charge in [0.25, 0.3) is 15.1 Å². The summed E-state index contributed by atoms with van der Waals surface area (Å²) in [7, 11) is -1.79. The monoisotopic (exact) mass is 351 g/mol. The van der Waals surface area contributed by atoms with Crippen molar-refractivity contribution >= 4 is 15.7 Å². The lowest BCUT2D eigenvalue weighted by atomic mass is 10.2. The zero-order valence-electron chi connectivity index (χ0n) is 13.6. The second-order valence-corrected chi connectivity index (χ2v) is 8.20. The van der Waals surface area contributed by atoms with Crippen molar-refractivity contribution in [3.63, 3.8) is 0 Å². The van der Waals surface area contributed by atoms with Gasteiger partial charge < -0.3 is 9.32 Å². The Labute approximate surface area is 140 Å². The number of oxazole rings is 1. The number of aromatic nitrogens is 3. The van der Waals surface area contributed by atoms with Gasteiger partial charge in [-0.15, -0.1) is 0 Å². The highest BCUT2D eigenvalue weighted by Gasteiger charge is 2.32. The Hall–Kier alpha value is -1.87. The lowest BCUT2D eigenvalue weighted by molar-refractivity contribution is 0.405. The summed E-state index contributed by atoms with van der Waals surface area (Å²) in [4.78, 5) is 6.28. The van der Waals surface area contributed by atoms with E-state index in [1.165, 1.54) is 6.20 Å². The molecule has 0 radical (unpaired) electrons. The van der Waals surface area contributed by atoms with Crippen LogP contribution < -0.4 is 9.62 Å². The Balaban J connectivity index is 1.42. The highest BCUT2D eigenvalue weighted by atomic mass is 32.2. The average Bonchev–Trinajstić information content (AvgIpc) is 2.97. The topological polar surface area (TPSA) is 93.3 Å². The molecular formula is C15H21N5O3S. The van der Waals surface area contributed by atoms with Gasteiger partial charge in [-0.3, -0.25) is 4.68 Å². The molecule has 1 aliphatic carbocycles. The van der Waals surface area contributed by atoms with Crippen LogP contribution in [0, 0.1) is 0 Å². The van der Waals surface area contributed by atoms with Crippen LogP contribution in [0.2, 0.25) is 0 Å². The van der Waals surface area contributed by atoms with E-state index in [1.807, 2.05) is 19.4 Å². The number of nitrogens with zero attached hydrogens (tertiary/aromatic N) is 4. The van der Waals surface area contributed by atoms with Crippen LogP contribution in [0.5, 0.6) is 0 Å². The molecule has 1 atom stereocenters. The molecule has 1 aliphatic heterocycles. The SMILES string of the molecule is Cn1cc(N2CCC[C@@H]2CNS(=O)(=O)c2cnc(C3CC3)o2)cn1. The highest BCUT2D eigenvalue weighted by Crippen LogP contribution is 2.39. The van der Waals surface area contributed by atoms with Crippen LogP contribution in [0.4, 0.5) is 5.69 Å². The minimum atomic E-state index is -3.66. The molecule has 9 heteroatoms. The highest BCUT2D eigenvalue weighted by molar-refractivity contribution is 7.89. The molecule has 0 spiro atoms. The molecule has 1 N–H and O–H groups in total. The van der Waals surface area contributed by atoms with Gasteiger partial charge in [0, 0.05) is 38.3 Å². The van der Waals surface area contributed by atoms with Crippen LogP contribution in [0.3, 0.4) is 0 Å². The first kappa shape index (κ1) is 15.6. The van der Waals surface area contributed by atoms with Crippen LogP contribution in [0.25, 0.3) is 0 Å². The molecule has 2 aromatic heterocycles. The van der Waals surface area contributed by atoms with E-state index >= 15 is 0 Å². The first-order valence-electron chi connectivity index (χ1n) is 8.23. The second-order valence-electron chi connectivity index (χ2n) is 6.51. The molecular weight excluding hydrogens is 330 g/mol. The van der Waals surface area contributed by atoms with E-state index in [9.17, 15) is 8.42 Å². The van der Waals surface area contributed by atoms with Gasteiger partial charge in [-0.05, 0) is 25.7 Å². The number of nitrogens with one attached hydrogen (secondary N) is 1. The van der Waals surface area contributed by atoms with Crippen LogP contribution in [-0.2, 0) is 17.1 Å². The van der Waals surface area contributed by atoms with Gasteiger partial charge >= 0.3 is 0 Å². The molecule has 8 nitrogen and oxygen atoms in total. The standard InChI is InChI=1S/C15H21N5O3S/c1-19-10-13(7-17-19)20-6-2-3-12(20)8-18-24(21,22)14-9-16-15(23-14)11-4-5-11/h7,9-12,18H,2-6,8H2,1H3/t12-/m1/s1. The summed E-state index contributed by atoms with van der Waals surface area (Å²) in [5.41, 5.74) is 1.02. The molecule has 0 bridgehead atoms. The van der Waals surface area contributed by atoms with Crippen LogP contribution in [0.1, 0.15) is 37.5 Å². The molecule has 24 heavy (non-hydrogen) atoms. The smallest absolute Gasteiger partial charge is 0.275 e. The predicted octanol–water partition coefficient (Wildman–Crippen LogP) is 1.23. The fraction of sp³-hybridized carbons (Fsp3) is 0.600. The summed E-state index contributed by atoms with van der Waals surface area (Å²) >= 11 is 0. The normalized spacial score (nSPS) is 21.5. The lowest BCUT2D eigenvalue weighted by Gasteiger charge is -2.25. The molecule has 2 aromatic rings. The molecule has 3 heterocycles. The summed E-state index contributed by atoms with van der Waals surface area (Å²) in [6, 6.07) is 0.120. The largest absolute Gasteiger partial charge is 0.428 e. The van der Waals surface area contributed by atoms with Crippen molar-refractivity contribution < 1.29 is 12.8 Å². The predicted molar refractivity (Wildman–Crippen MR) is 87.2 cm³/mol. The number of hydrogen-bond donors (Lipinski definition) is 1. The Morgan fingerprint density at radius 3 is 2.88 bits per heavy atom. The second kappa shape index (κ2) is 5.89. The van der Waals surface area contributed by atoms with Gasteiger partial charge in [0.2, 0.25) is 0 Å². The minimum Gasteiger partial charge on any atom is -0.428 e. The number of anilines is 1. The number of sulfonamides is 1. The van der Waals surface area contributed by atoms with Crippen molar-refractivity contribution in [3.8, 4) is 0 Å². The zero-order valence-corrected chi connectivity index (χ0v) is 14.4. The van der Waals surface area contributed by atoms with Gasteiger partial charge in [0.15, 0.2) is 5.89 Å². The van der Waals surface area contributed by atoms with Gasteiger partial charge in [0.05, 0.1) is 18.1 Å². The van der Waals surface area contributed by atoms with Crippen molar-refractivity contribution in [2.75, 3.05) is 18.0 Å². The Morgan fingerprint density at radius 2 is 2.17 bits per heavy atom. The first-order valence-corrected chi connectivity index (χ1v) is 9.72. The fourth-order valence-corrected chi connectivity index (χ4v) is 4.08. The number of rotatable bonds is 6. The average molecular weight is 351 g/mol.